The number of carbonyl (C=O) groups is 1. The van der Waals surface area contributed by atoms with Gasteiger partial charge in [-0.3, -0.25) is 4.79 Å². The number of benzene rings is 2. The first-order valence-corrected chi connectivity index (χ1v) is 10.4. The van der Waals surface area contributed by atoms with Crippen LogP contribution in [0.15, 0.2) is 51.4 Å². The summed E-state index contributed by atoms with van der Waals surface area (Å²) in [6, 6.07) is 14.2. The van der Waals surface area contributed by atoms with Gasteiger partial charge >= 0.3 is 0 Å². The Morgan fingerprint density at radius 1 is 1.25 bits per heavy atom. The summed E-state index contributed by atoms with van der Waals surface area (Å²) in [5.74, 6) is 0.0339. The zero-order valence-corrected chi connectivity index (χ0v) is 16.9. The molecule has 2 unspecified atom stereocenters. The summed E-state index contributed by atoms with van der Waals surface area (Å²) >= 11 is 3.46. The normalized spacial score (nSPS) is 21.4. The van der Waals surface area contributed by atoms with Crippen molar-refractivity contribution < 1.29 is 9.21 Å². The van der Waals surface area contributed by atoms with Crippen molar-refractivity contribution in [1.82, 2.24) is 10.3 Å². The molecule has 0 bridgehead atoms. The molecule has 1 saturated heterocycles. The van der Waals surface area contributed by atoms with Gasteiger partial charge in [0.2, 0.25) is 5.91 Å². The van der Waals surface area contributed by atoms with Gasteiger partial charge in [-0.25, -0.2) is 0 Å². The van der Waals surface area contributed by atoms with Crippen molar-refractivity contribution in [3.63, 3.8) is 0 Å². The Hall–Kier alpha value is -2.54. The van der Waals surface area contributed by atoms with Crippen LogP contribution >= 0.6 is 15.9 Å². The molecule has 2 aromatic carbocycles. The maximum atomic E-state index is 13.2. The number of anilines is 2. The summed E-state index contributed by atoms with van der Waals surface area (Å²) < 4.78 is 6.93. The minimum absolute atomic E-state index is 0.00735. The van der Waals surface area contributed by atoms with Crippen molar-refractivity contribution in [3.8, 4) is 0 Å². The molecule has 1 amide bonds. The first-order valence-electron chi connectivity index (χ1n) is 9.65. The van der Waals surface area contributed by atoms with Gasteiger partial charge < -0.3 is 20.0 Å². The number of piperidine rings is 1. The monoisotopic (exact) mass is 440 g/mol. The molecule has 3 aromatic rings. The fourth-order valence-corrected chi connectivity index (χ4v) is 4.46. The molecule has 7 heteroatoms. The highest BCUT2D eigenvalue weighted by Gasteiger charge is 2.34. The van der Waals surface area contributed by atoms with E-state index in [1.807, 2.05) is 41.3 Å². The number of hydrogen-bond donors (Lipinski definition) is 2. The van der Waals surface area contributed by atoms with Gasteiger partial charge in [0.1, 0.15) is 11.6 Å². The van der Waals surface area contributed by atoms with Crippen LogP contribution in [0.2, 0.25) is 0 Å². The molecule has 0 spiro atoms. The van der Waals surface area contributed by atoms with Crippen LogP contribution in [0.1, 0.15) is 30.9 Å². The zero-order valence-electron chi connectivity index (χ0n) is 15.3. The molecule has 5 rings (SSSR count). The van der Waals surface area contributed by atoms with Crippen molar-refractivity contribution in [3.05, 3.63) is 52.5 Å². The van der Waals surface area contributed by atoms with Crippen LogP contribution in [-0.2, 0) is 4.79 Å². The summed E-state index contributed by atoms with van der Waals surface area (Å²) in [7, 11) is 0. The highest BCUT2D eigenvalue weighted by molar-refractivity contribution is 9.10. The molecule has 2 N–H and O–H groups in total. The number of rotatable bonds is 3. The van der Waals surface area contributed by atoms with Crippen molar-refractivity contribution >= 4 is 44.6 Å². The van der Waals surface area contributed by atoms with Crippen LogP contribution in [0.25, 0.3) is 11.1 Å². The minimum atomic E-state index is -0.266. The first kappa shape index (κ1) is 17.6. The second-order valence-electron chi connectivity index (χ2n) is 7.34. The van der Waals surface area contributed by atoms with Crippen molar-refractivity contribution in [2.45, 2.75) is 31.3 Å². The molecule has 28 heavy (non-hydrogen) atoms. The number of aromatic nitrogens is 1. The van der Waals surface area contributed by atoms with Crippen LogP contribution in [0.3, 0.4) is 0 Å². The van der Waals surface area contributed by atoms with Crippen LogP contribution in [0, 0.1) is 0 Å². The predicted octanol–water partition coefficient (Wildman–Crippen LogP) is 4.23. The number of fused-ring (bicyclic) bond motifs is 2. The maximum Gasteiger partial charge on any atom is 0.299 e. The van der Waals surface area contributed by atoms with Gasteiger partial charge in [0, 0.05) is 23.2 Å². The molecule has 0 radical (unpaired) electrons. The molecule has 1 fully saturated rings. The Bertz CT molecular complexity index is 1030. The van der Waals surface area contributed by atoms with E-state index >= 15 is 0 Å². The van der Waals surface area contributed by atoms with Crippen LogP contribution in [0.4, 0.5) is 11.7 Å². The summed E-state index contributed by atoms with van der Waals surface area (Å²) in [6.07, 6.45) is 2.86. The molecule has 2 atom stereocenters. The third-order valence-electron chi connectivity index (χ3n) is 5.54. The Balaban J connectivity index is 1.38. The average molecular weight is 441 g/mol. The molecule has 144 valence electrons. The van der Waals surface area contributed by atoms with Crippen LogP contribution in [-0.4, -0.2) is 30.0 Å². The summed E-state index contributed by atoms with van der Waals surface area (Å²) in [4.78, 5) is 19.8. The number of nitrogens with zero attached hydrogens (tertiary/aromatic N) is 2. The first-order chi connectivity index (χ1) is 13.7. The number of nitrogens with one attached hydrogen (secondary N) is 2. The number of oxazole rings is 1. The van der Waals surface area contributed by atoms with Gasteiger partial charge in [0.05, 0.1) is 6.04 Å². The molecular weight excluding hydrogens is 420 g/mol. The Kier molecular flexibility index (Phi) is 4.47. The van der Waals surface area contributed by atoms with E-state index in [9.17, 15) is 4.79 Å². The van der Waals surface area contributed by atoms with E-state index < -0.39 is 0 Å². The molecule has 3 heterocycles. The van der Waals surface area contributed by atoms with Crippen molar-refractivity contribution in [2.24, 2.45) is 0 Å². The number of halogens is 1. The number of amides is 1. The molecule has 1 aromatic heterocycles. The lowest BCUT2D eigenvalue weighted by Crippen LogP contribution is -2.50. The van der Waals surface area contributed by atoms with E-state index in [1.54, 1.807) is 0 Å². The maximum absolute atomic E-state index is 13.2. The lowest BCUT2D eigenvalue weighted by molar-refractivity contribution is -0.123. The van der Waals surface area contributed by atoms with Crippen LogP contribution in [0.5, 0.6) is 0 Å². The molecular formula is C21H21BrN4O2. The van der Waals surface area contributed by atoms with Gasteiger partial charge in [0.15, 0.2) is 5.58 Å². The van der Waals surface area contributed by atoms with Gasteiger partial charge in [-0.2, -0.15) is 4.98 Å². The van der Waals surface area contributed by atoms with Gasteiger partial charge in [-0.15, -0.1) is 0 Å². The van der Waals surface area contributed by atoms with Gasteiger partial charge in [-0.1, -0.05) is 34.1 Å². The quantitative estimate of drug-likeness (QED) is 0.637. The second kappa shape index (κ2) is 7.13. The second-order valence-corrected chi connectivity index (χ2v) is 8.26. The fraction of sp³-hybridized carbons (Fsp3) is 0.333. The zero-order chi connectivity index (χ0) is 19.1. The van der Waals surface area contributed by atoms with Crippen molar-refractivity contribution in [2.75, 3.05) is 23.3 Å². The smallest absolute Gasteiger partial charge is 0.299 e. The fourth-order valence-electron chi connectivity index (χ4n) is 4.12. The average Bonchev–Trinajstić information content (AvgIpc) is 3.32. The molecule has 0 aliphatic carbocycles. The van der Waals surface area contributed by atoms with E-state index in [2.05, 4.69) is 37.6 Å². The van der Waals surface area contributed by atoms with E-state index in [1.165, 1.54) is 0 Å². The highest BCUT2D eigenvalue weighted by Crippen LogP contribution is 2.32. The summed E-state index contributed by atoms with van der Waals surface area (Å²) in [6.45, 7) is 1.49. The van der Waals surface area contributed by atoms with Crippen LogP contribution < -0.4 is 15.5 Å². The van der Waals surface area contributed by atoms with Gasteiger partial charge in [-0.05, 0) is 49.1 Å². The van der Waals surface area contributed by atoms with E-state index in [4.69, 9.17) is 4.42 Å². The Labute approximate surface area is 171 Å². The third kappa shape index (κ3) is 3.13. The van der Waals surface area contributed by atoms with E-state index in [0.717, 1.165) is 52.6 Å². The number of para-hydroxylation sites is 1. The lowest BCUT2D eigenvalue weighted by atomic mass is 10.0. The number of carbonyl (C=O) groups excluding carboxylic acids is 1. The van der Waals surface area contributed by atoms with E-state index in [-0.39, 0.29) is 18.0 Å². The molecule has 6 nitrogen and oxygen atoms in total. The Morgan fingerprint density at radius 3 is 3.07 bits per heavy atom. The molecule has 2 aliphatic heterocycles. The van der Waals surface area contributed by atoms with E-state index in [0.29, 0.717) is 12.6 Å². The number of hydrogen-bond acceptors (Lipinski definition) is 5. The molecule has 2 aliphatic rings. The van der Waals surface area contributed by atoms with Gasteiger partial charge in [0.25, 0.3) is 6.01 Å². The van der Waals surface area contributed by atoms with Crippen molar-refractivity contribution in [1.29, 1.82) is 0 Å². The Morgan fingerprint density at radius 2 is 2.14 bits per heavy atom. The predicted molar refractivity (Wildman–Crippen MR) is 113 cm³/mol. The SMILES string of the molecule is O=C(NC1CNc2ccccc21)C1CCCCN1c1nc2ccc(Br)cc2o1. The lowest BCUT2D eigenvalue weighted by Gasteiger charge is -2.34. The largest absolute Gasteiger partial charge is 0.423 e. The molecule has 0 saturated carbocycles. The summed E-state index contributed by atoms with van der Waals surface area (Å²) in [5.41, 5.74) is 3.77. The standard InChI is InChI=1S/C21H21BrN4O2/c22-13-8-9-16-19(11-13)28-21(25-16)26-10-4-3-7-18(26)20(27)24-17-12-23-15-6-2-1-5-14(15)17/h1-2,5-6,8-9,11,17-18,23H,3-4,7,10,12H2,(H,24,27). The summed E-state index contributed by atoms with van der Waals surface area (Å²) in [5, 5.41) is 6.59. The highest BCUT2D eigenvalue weighted by atomic mass is 79.9. The third-order valence-corrected chi connectivity index (χ3v) is 6.03. The topological polar surface area (TPSA) is 70.4 Å². The minimum Gasteiger partial charge on any atom is -0.423 e.